The summed E-state index contributed by atoms with van der Waals surface area (Å²) in [5.41, 5.74) is 0. The van der Waals surface area contributed by atoms with Crippen LogP contribution in [0.1, 0.15) is 47.5 Å². The summed E-state index contributed by atoms with van der Waals surface area (Å²) in [6, 6.07) is 0. The zero-order valence-electron chi connectivity index (χ0n) is 17.6. The van der Waals surface area contributed by atoms with Crippen LogP contribution in [-0.2, 0) is 28.2 Å². The first-order valence-electron chi connectivity index (χ1n) is 8.78. The normalized spacial score (nSPS) is 13.5. The minimum Gasteiger partial charge on any atom is -0.539 e. The molecule has 0 atom stereocenters. The van der Waals surface area contributed by atoms with Gasteiger partial charge in [-0.2, -0.15) is 0 Å². The fraction of sp³-hybridized carbons (Fsp3) is 0.684. The summed E-state index contributed by atoms with van der Waals surface area (Å²) < 4.78 is 21.1. The fourth-order valence-electron chi connectivity index (χ4n) is 1.65. The van der Waals surface area contributed by atoms with E-state index in [9.17, 15) is 9.59 Å². The zero-order chi connectivity index (χ0) is 20.5. The lowest BCUT2D eigenvalue weighted by Gasteiger charge is -2.36. The van der Waals surface area contributed by atoms with Crippen molar-refractivity contribution >= 4 is 20.3 Å². The Morgan fingerprint density at radius 2 is 1.42 bits per heavy atom. The van der Waals surface area contributed by atoms with E-state index in [-0.39, 0.29) is 22.7 Å². The first-order valence-corrected chi connectivity index (χ1v) is 11.7. The van der Waals surface area contributed by atoms with Gasteiger partial charge >= 0.3 is 11.9 Å². The summed E-state index contributed by atoms with van der Waals surface area (Å²) in [7, 11) is 0.523. The summed E-state index contributed by atoms with van der Waals surface area (Å²) in [5.74, 6) is -0.629. The molecule has 0 amide bonds. The average Bonchev–Trinajstić information content (AvgIpc) is 2.51. The third-order valence-electron chi connectivity index (χ3n) is 4.15. The first kappa shape index (κ1) is 24.2. The fourth-order valence-corrected chi connectivity index (χ4v) is 2.67. The van der Waals surface area contributed by atoms with Gasteiger partial charge in [-0.3, -0.25) is 0 Å². The Bertz CT molecular complexity index is 541. The van der Waals surface area contributed by atoms with Gasteiger partial charge in [0.1, 0.15) is 0 Å². The van der Waals surface area contributed by atoms with Crippen molar-refractivity contribution in [2.24, 2.45) is 0 Å². The molecular formula is C19H34O6Si. The highest BCUT2D eigenvalue weighted by Gasteiger charge is 2.40. The first-order chi connectivity index (χ1) is 11.9. The molecule has 0 fully saturated rings. The molecule has 0 aromatic heterocycles. The Hall–Kier alpha value is -1.76. The van der Waals surface area contributed by atoms with Crippen LogP contribution in [0.5, 0.6) is 0 Å². The van der Waals surface area contributed by atoms with Crippen molar-refractivity contribution in [3.63, 3.8) is 0 Å². The standard InChI is InChI=1S/C19H34O6Si/c1-14(2)24-18(21)16(25-26(8,9)19(3,4)5)13-11-10-12-15(22-6)17(20)23-7/h12-14H,10-11H2,1-9H3/b15-12-,16-13+. The molecule has 0 N–H and O–H groups in total. The van der Waals surface area contributed by atoms with Crippen LogP contribution >= 0.6 is 0 Å². The second-order valence-corrected chi connectivity index (χ2v) is 12.5. The number of rotatable bonds is 9. The van der Waals surface area contributed by atoms with Crippen molar-refractivity contribution in [3.05, 3.63) is 23.7 Å². The van der Waals surface area contributed by atoms with Crippen LogP contribution in [0, 0.1) is 0 Å². The van der Waals surface area contributed by atoms with Gasteiger partial charge in [-0.15, -0.1) is 0 Å². The van der Waals surface area contributed by atoms with E-state index in [1.807, 2.05) is 0 Å². The summed E-state index contributed by atoms with van der Waals surface area (Å²) in [6.07, 6.45) is 4.11. The molecule has 0 heterocycles. The molecule has 0 bridgehead atoms. The van der Waals surface area contributed by atoms with E-state index in [0.29, 0.717) is 12.8 Å². The lowest BCUT2D eigenvalue weighted by Crippen LogP contribution is -2.41. The van der Waals surface area contributed by atoms with Crippen molar-refractivity contribution in [1.29, 1.82) is 0 Å². The minimum absolute atomic E-state index is 0.0434. The average molecular weight is 387 g/mol. The number of carbonyl (C=O) groups is 2. The molecule has 6 nitrogen and oxygen atoms in total. The van der Waals surface area contributed by atoms with Gasteiger partial charge in [-0.1, -0.05) is 20.8 Å². The van der Waals surface area contributed by atoms with Gasteiger partial charge in [0.25, 0.3) is 8.32 Å². The lowest BCUT2D eigenvalue weighted by atomic mass is 10.2. The number of carbonyl (C=O) groups excluding carboxylic acids is 2. The molecule has 0 aliphatic carbocycles. The SMILES string of the molecule is COC(=O)/C(=C/CC/C=C(/O[Si](C)(C)C(C)(C)C)C(=O)OC(C)C)OC. The largest absolute Gasteiger partial charge is 0.539 e. The van der Waals surface area contributed by atoms with Crippen LogP contribution in [0.4, 0.5) is 0 Å². The van der Waals surface area contributed by atoms with Crippen molar-refractivity contribution in [2.45, 2.75) is 71.7 Å². The number of esters is 2. The van der Waals surface area contributed by atoms with Crippen molar-refractivity contribution in [1.82, 2.24) is 0 Å². The molecule has 0 spiro atoms. The maximum absolute atomic E-state index is 12.4. The van der Waals surface area contributed by atoms with Gasteiger partial charge in [-0.25, -0.2) is 9.59 Å². The smallest absolute Gasteiger partial charge is 0.372 e. The molecule has 150 valence electrons. The Morgan fingerprint density at radius 1 is 0.923 bits per heavy atom. The number of hydrogen-bond acceptors (Lipinski definition) is 6. The molecule has 0 aliphatic rings. The summed E-state index contributed by atoms with van der Waals surface area (Å²) in [6.45, 7) is 14.1. The lowest BCUT2D eigenvalue weighted by molar-refractivity contribution is -0.145. The molecular weight excluding hydrogens is 352 g/mol. The van der Waals surface area contributed by atoms with Gasteiger partial charge < -0.3 is 18.6 Å². The molecule has 0 rings (SSSR count). The van der Waals surface area contributed by atoms with E-state index in [1.54, 1.807) is 26.0 Å². The van der Waals surface area contributed by atoms with E-state index >= 15 is 0 Å². The topological polar surface area (TPSA) is 71.1 Å². The number of ether oxygens (including phenoxy) is 3. The van der Waals surface area contributed by atoms with E-state index in [2.05, 4.69) is 38.6 Å². The van der Waals surface area contributed by atoms with E-state index in [0.717, 1.165) is 0 Å². The third kappa shape index (κ3) is 8.08. The minimum atomic E-state index is -2.18. The molecule has 0 unspecified atom stereocenters. The van der Waals surface area contributed by atoms with E-state index in [1.165, 1.54) is 14.2 Å². The summed E-state index contributed by atoms with van der Waals surface area (Å²) >= 11 is 0. The van der Waals surface area contributed by atoms with Crippen LogP contribution in [0.3, 0.4) is 0 Å². The Balaban J connectivity index is 5.29. The van der Waals surface area contributed by atoms with Crippen molar-refractivity contribution in [3.8, 4) is 0 Å². The van der Waals surface area contributed by atoms with Gasteiger partial charge in [0.2, 0.25) is 0 Å². The molecule has 0 saturated carbocycles. The molecule has 0 aromatic rings. The number of methoxy groups -OCH3 is 2. The molecule has 0 aliphatic heterocycles. The highest BCUT2D eigenvalue weighted by molar-refractivity contribution is 6.74. The molecule has 26 heavy (non-hydrogen) atoms. The Kier molecular flexibility index (Phi) is 9.70. The predicted octanol–water partition coefficient (Wildman–Crippen LogP) is 4.33. The highest BCUT2D eigenvalue weighted by Crippen LogP contribution is 2.38. The van der Waals surface area contributed by atoms with E-state index in [4.69, 9.17) is 13.9 Å². The van der Waals surface area contributed by atoms with Crippen LogP contribution in [0.15, 0.2) is 23.7 Å². The molecule has 0 aromatic carbocycles. The van der Waals surface area contributed by atoms with Crippen LogP contribution in [0.2, 0.25) is 18.1 Å². The maximum Gasteiger partial charge on any atom is 0.372 e. The summed E-state index contributed by atoms with van der Waals surface area (Å²) in [4.78, 5) is 23.9. The molecule has 0 radical (unpaired) electrons. The molecule has 7 heteroatoms. The number of hydrogen-bond donors (Lipinski definition) is 0. The third-order valence-corrected chi connectivity index (χ3v) is 8.49. The summed E-state index contributed by atoms with van der Waals surface area (Å²) in [5, 5.41) is -0.0434. The maximum atomic E-state index is 12.4. The van der Waals surface area contributed by atoms with Crippen molar-refractivity contribution < 1.29 is 28.2 Å². The van der Waals surface area contributed by atoms with E-state index < -0.39 is 20.3 Å². The second kappa shape index (κ2) is 10.4. The monoisotopic (exact) mass is 386 g/mol. The van der Waals surface area contributed by atoms with Gasteiger partial charge in [0.05, 0.1) is 20.3 Å². The van der Waals surface area contributed by atoms with Gasteiger partial charge in [0.15, 0.2) is 11.5 Å². The number of unbranched alkanes of at least 4 members (excludes halogenated alkanes) is 1. The second-order valence-electron chi connectivity index (χ2n) is 7.73. The van der Waals surface area contributed by atoms with Crippen LogP contribution in [0.25, 0.3) is 0 Å². The highest BCUT2D eigenvalue weighted by atomic mass is 28.4. The quantitative estimate of drug-likeness (QED) is 0.193. The van der Waals surface area contributed by atoms with Crippen molar-refractivity contribution in [2.75, 3.05) is 14.2 Å². The van der Waals surface area contributed by atoms with Gasteiger partial charge in [-0.05, 0) is 57.0 Å². The zero-order valence-corrected chi connectivity index (χ0v) is 18.6. The molecule has 0 saturated heterocycles. The van der Waals surface area contributed by atoms with Crippen LogP contribution < -0.4 is 0 Å². The Morgan fingerprint density at radius 3 is 1.81 bits per heavy atom. The van der Waals surface area contributed by atoms with Gasteiger partial charge in [0, 0.05) is 0 Å². The van der Waals surface area contributed by atoms with Crippen LogP contribution in [-0.4, -0.2) is 40.6 Å². The number of allylic oxidation sites excluding steroid dienone is 2. The predicted molar refractivity (Wildman–Crippen MR) is 104 cm³/mol. The Labute approximate surface area is 158 Å².